The van der Waals surface area contributed by atoms with Crippen molar-refractivity contribution >= 4 is 0 Å². The van der Waals surface area contributed by atoms with Crippen molar-refractivity contribution in [1.82, 2.24) is 0 Å². The summed E-state index contributed by atoms with van der Waals surface area (Å²) < 4.78 is 4.94. The van der Waals surface area contributed by atoms with Gasteiger partial charge in [0.05, 0.1) is 12.5 Å². The van der Waals surface area contributed by atoms with Crippen molar-refractivity contribution in [2.75, 3.05) is 0 Å². The summed E-state index contributed by atoms with van der Waals surface area (Å²) in [5.74, 6) is 0. The van der Waals surface area contributed by atoms with Crippen LogP contribution >= 0.6 is 0 Å². The van der Waals surface area contributed by atoms with Gasteiger partial charge >= 0.3 is 0 Å². The van der Waals surface area contributed by atoms with Crippen LogP contribution in [0.2, 0.25) is 0 Å². The quantitative estimate of drug-likeness (QED) is 0.518. The molecule has 0 aliphatic rings. The van der Waals surface area contributed by atoms with Gasteiger partial charge in [0.15, 0.2) is 0 Å². The summed E-state index contributed by atoms with van der Waals surface area (Å²) in [6.07, 6.45) is 3.50. The van der Waals surface area contributed by atoms with Gasteiger partial charge in [0.1, 0.15) is 0 Å². The van der Waals surface area contributed by atoms with Crippen molar-refractivity contribution in [1.29, 1.82) is 0 Å². The molecule has 0 bridgehead atoms. The standard InChI is InChI=1S/C8H12O/c1-8(2,3)7-4-5-9-6-7/h4-6H,1-3H3. The van der Waals surface area contributed by atoms with E-state index in [4.69, 9.17) is 4.42 Å². The van der Waals surface area contributed by atoms with Gasteiger partial charge in [-0.25, -0.2) is 0 Å². The minimum absolute atomic E-state index is 0.229. The fraction of sp³-hybridized carbons (Fsp3) is 0.500. The zero-order valence-electron chi connectivity index (χ0n) is 6.14. The lowest BCUT2D eigenvalue weighted by Crippen LogP contribution is -2.08. The molecule has 0 aromatic carbocycles. The Morgan fingerprint density at radius 3 is 2.22 bits per heavy atom. The molecule has 1 aromatic rings. The molecule has 0 saturated carbocycles. The molecule has 0 N–H and O–H groups in total. The number of rotatable bonds is 0. The maximum atomic E-state index is 4.94. The van der Waals surface area contributed by atoms with E-state index in [1.165, 1.54) is 5.56 Å². The molecular formula is C8H12O. The first-order valence-electron chi connectivity index (χ1n) is 3.13. The molecule has 0 atom stereocenters. The lowest BCUT2D eigenvalue weighted by atomic mass is 9.89. The highest BCUT2D eigenvalue weighted by Crippen LogP contribution is 2.21. The SMILES string of the molecule is CC(C)(C)c1ccoc1. The molecule has 0 spiro atoms. The van der Waals surface area contributed by atoms with Crippen LogP contribution in [0.15, 0.2) is 23.0 Å². The average molecular weight is 124 g/mol. The van der Waals surface area contributed by atoms with Gasteiger partial charge < -0.3 is 4.42 Å². The molecule has 1 heteroatoms. The highest BCUT2D eigenvalue weighted by atomic mass is 16.3. The first-order chi connectivity index (χ1) is 4.11. The van der Waals surface area contributed by atoms with Crippen LogP contribution < -0.4 is 0 Å². The molecule has 1 rings (SSSR count). The molecule has 0 saturated heterocycles. The minimum atomic E-state index is 0.229. The summed E-state index contributed by atoms with van der Waals surface area (Å²) >= 11 is 0. The Morgan fingerprint density at radius 2 is 2.00 bits per heavy atom. The van der Waals surface area contributed by atoms with Crippen LogP contribution in [0.25, 0.3) is 0 Å². The molecule has 0 aliphatic carbocycles. The van der Waals surface area contributed by atoms with Crippen molar-refractivity contribution in [3.05, 3.63) is 24.2 Å². The normalized spacial score (nSPS) is 11.9. The Balaban J connectivity index is 2.90. The van der Waals surface area contributed by atoms with Gasteiger partial charge in [-0.2, -0.15) is 0 Å². The molecule has 9 heavy (non-hydrogen) atoms. The average Bonchev–Trinajstić information content (AvgIpc) is 2.08. The molecular weight excluding hydrogens is 112 g/mol. The van der Waals surface area contributed by atoms with Crippen LogP contribution in [-0.4, -0.2) is 0 Å². The van der Waals surface area contributed by atoms with Gasteiger partial charge in [0.25, 0.3) is 0 Å². The lowest BCUT2D eigenvalue weighted by Gasteiger charge is -2.14. The van der Waals surface area contributed by atoms with E-state index < -0.39 is 0 Å². The van der Waals surface area contributed by atoms with Crippen molar-refractivity contribution in [3.63, 3.8) is 0 Å². The fourth-order valence-electron chi connectivity index (χ4n) is 0.691. The Labute approximate surface area is 55.7 Å². The van der Waals surface area contributed by atoms with Crippen LogP contribution in [0.3, 0.4) is 0 Å². The van der Waals surface area contributed by atoms with Gasteiger partial charge in [-0.05, 0) is 17.0 Å². The van der Waals surface area contributed by atoms with Crippen LogP contribution in [0, 0.1) is 0 Å². The third-order valence-corrected chi connectivity index (χ3v) is 1.39. The van der Waals surface area contributed by atoms with E-state index in [0.717, 1.165) is 0 Å². The predicted molar refractivity (Wildman–Crippen MR) is 37.4 cm³/mol. The number of hydrogen-bond acceptors (Lipinski definition) is 1. The molecule has 1 heterocycles. The van der Waals surface area contributed by atoms with E-state index >= 15 is 0 Å². The van der Waals surface area contributed by atoms with E-state index in [0.29, 0.717) is 0 Å². The zero-order chi connectivity index (χ0) is 6.91. The number of furan rings is 1. The van der Waals surface area contributed by atoms with Crippen molar-refractivity contribution in [2.45, 2.75) is 26.2 Å². The molecule has 1 nitrogen and oxygen atoms in total. The van der Waals surface area contributed by atoms with E-state index in [9.17, 15) is 0 Å². The van der Waals surface area contributed by atoms with Gasteiger partial charge in [0, 0.05) is 0 Å². The molecule has 0 amide bonds. The van der Waals surface area contributed by atoms with E-state index in [-0.39, 0.29) is 5.41 Å². The monoisotopic (exact) mass is 124 g/mol. The lowest BCUT2D eigenvalue weighted by molar-refractivity contribution is 0.537. The minimum Gasteiger partial charge on any atom is -0.472 e. The molecule has 0 aliphatic heterocycles. The van der Waals surface area contributed by atoms with Crippen LogP contribution in [0.5, 0.6) is 0 Å². The second-order valence-electron chi connectivity index (χ2n) is 3.26. The van der Waals surface area contributed by atoms with Crippen LogP contribution in [0.1, 0.15) is 26.3 Å². The number of hydrogen-bond donors (Lipinski definition) is 0. The fourth-order valence-corrected chi connectivity index (χ4v) is 0.691. The third-order valence-electron chi connectivity index (χ3n) is 1.39. The van der Waals surface area contributed by atoms with E-state index in [2.05, 4.69) is 20.8 Å². The molecule has 0 unspecified atom stereocenters. The van der Waals surface area contributed by atoms with Crippen LogP contribution in [0.4, 0.5) is 0 Å². The van der Waals surface area contributed by atoms with Crippen molar-refractivity contribution < 1.29 is 4.42 Å². The Bertz CT molecular complexity index is 167. The maximum absolute atomic E-state index is 4.94. The summed E-state index contributed by atoms with van der Waals surface area (Å²) in [6.45, 7) is 6.49. The van der Waals surface area contributed by atoms with Crippen LogP contribution in [-0.2, 0) is 5.41 Å². The zero-order valence-corrected chi connectivity index (χ0v) is 6.14. The Kier molecular flexibility index (Phi) is 1.35. The second-order valence-corrected chi connectivity index (χ2v) is 3.26. The van der Waals surface area contributed by atoms with E-state index in [1.54, 1.807) is 12.5 Å². The predicted octanol–water partition coefficient (Wildman–Crippen LogP) is 2.58. The summed E-state index contributed by atoms with van der Waals surface area (Å²) in [5.41, 5.74) is 1.48. The molecule has 0 fully saturated rings. The van der Waals surface area contributed by atoms with Gasteiger partial charge in [-0.3, -0.25) is 0 Å². The second kappa shape index (κ2) is 1.90. The molecule has 1 aromatic heterocycles. The summed E-state index contributed by atoms with van der Waals surface area (Å²) in [5, 5.41) is 0. The highest BCUT2D eigenvalue weighted by molar-refractivity contribution is 5.15. The first-order valence-corrected chi connectivity index (χ1v) is 3.13. The van der Waals surface area contributed by atoms with Gasteiger partial charge in [-0.1, -0.05) is 20.8 Å². The molecule has 0 radical (unpaired) electrons. The molecule has 50 valence electrons. The van der Waals surface area contributed by atoms with Crippen molar-refractivity contribution in [2.24, 2.45) is 0 Å². The maximum Gasteiger partial charge on any atom is 0.0939 e. The summed E-state index contributed by atoms with van der Waals surface area (Å²) in [6, 6.07) is 2.00. The Morgan fingerprint density at radius 1 is 1.33 bits per heavy atom. The third kappa shape index (κ3) is 1.35. The Hall–Kier alpha value is -0.720. The largest absolute Gasteiger partial charge is 0.472 e. The highest BCUT2D eigenvalue weighted by Gasteiger charge is 2.13. The summed E-state index contributed by atoms with van der Waals surface area (Å²) in [4.78, 5) is 0. The van der Waals surface area contributed by atoms with E-state index in [1.807, 2.05) is 6.07 Å². The van der Waals surface area contributed by atoms with Gasteiger partial charge in [0.2, 0.25) is 0 Å². The topological polar surface area (TPSA) is 13.1 Å². The summed E-state index contributed by atoms with van der Waals surface area (Å²) in [7, 11) is 0. The first kappa shape index (κ1) is 6.40. The van der Waals surface area contributed by atoms with Crippen molar-refractivity contribution in [3.8, 4) is 0 Å². The smallest absolute Gasteiger partial charge is 0.0939 e. The van der Waals surface area contributed by atoms with Gasteiger partial charge in [-0.15, -0.1) is 0 Å².